The first-order valence-corrected chi connectivity index (χ1v) is 10.6. The normalized spacial score (nSPS) is 12.8. The number of hydrogen-bond acceptors (Lipinski definition) is 4. The predicted molar refractivity (Wildman–Crippen MR) is 113 cm³/mol. The van der Waals surface area contributed by atoms with Crippen LogP contribution in [-0.4, -0.2) is 29.7 Å². The predicted octanol–water partition coefficient (Wildman–Crippen LogP) is 6.46. The Morgan fingerprint density at radius 2 is 1.52 bits per heavy atom. The molecule has 3 rings (SSSR count). The van der Waals surface area contributed by atoms with Crippen LogP contribution in [-0.2, 0) is 18.6 Å². The van der Waals surface area contributed by atoms with Crippen molar-refractivity contribution < 1.29 is 41.3 Å². The summed E-state index contributed by atoms with van der Waals surface area (Å²) in [6, 6.07) is 11.6. The van der Waals surface area contributed by atoms with Crippen molar-refractivity contribution in [3.63, 3.8) is 0 Å². The van der Waals surface area contributed by atoms with Gasteiger partial charge in [0.1, 0.15) is 0 Å². The fourth-order valence-electron chi connectivity index (χ4n) is 3.62. The number of alkyl halides is 6. The molecule has 1 aromatic heterocycles. The summed E-state index contributed by atoms with van der Waals surface area (Å²) in [5, 5.41) is 19.7. The highest BCUT2D eigenvalue weighted by atomic mass is 32.1. The Balaban J connectivity index is 2.30. The molecule has 0 radical (unpaired) electrons. The van der Waals surface area contributed by atoms with E-state index in [0.717, 1.165) is 23.5 Å². The maximum atomic E-state index is 13.8. The molecule has 178 valence electrons. The molecule has 2 aromatic carbocycles. The fourth-order valence-corrected chi connectivity index (χ4v) is 4.65. The van der Waals surface area contributed by atoms with Gasteiger partial charge in [0, 0.05) is 16.0 Å². The van der Waals surface area contributed by atoms with Gasteiger partial charge in [-0.25, -0.2) is 0 Å². The largest absolute Gasteiger partial charge is 0.487 e. The molecule has 10 heteroatoms. The Hall–Kier alpha value is -2.56. The number of methoxy groups -OCH3 is 1. The maximum Gasteiger partial charge on any atom is 0.430 e. The van der Waals surface area contributed by atoms with E-state index in [-0.39, 0.29) is 34.1 Å². The molecule has 0 saturated heterocycles. The molecule has 0 unspecified atom stereocenters. The van der Waals surface area contributed by atoms with Crippen LogP contribution >= 0.6 is 11.3 Å². The average Bonchev–Trinajstić information content (AvgIpc) is 3.20. The molecule has 0 aliphatic carbocycles. The van der Waals surface area contributed by atoms with Crippen LogP contribution in [0, 0.1) is 0 Å². The van der Waals surface area contributed by atoms with E-state index in [2.05, 4.69) is 0 Å². The Labute approximate surface area is 189 Å². The van der Waals surface area contributed by atoms with Crippen molar-refractivity contribution >= 4 is 11.3 Å². The van der Waals surface area contributed by atoms with E-state index in [1.165, 1.54) is 26.2 Å². The van der Waals surface area contributed by atoms with Crippen molar-refractivity contribution in [2.45, 2.75) is 37.9 Å². The van der Waals surface area contributed by atoms with Crippen molar-refractivity contribution in [2.75, 3.05) is 7.11 Å². The second-order valence-corrected chi connectivity index (χ2v) is 8.28. The van der Waals surface area contributed by atoms with Gasteiger partial charge in [0.15, 0.2) is 5.06 Å². The second-order valence-electron chi connectivity index (χ2n) is 7.27. The lowest BCUT2D eigenvalue weighted by atomic mass is 9.83. The standard InChI is InChI=1S/C23H20F6O3S/c1-3-14-5-4-6-16(19(14)21(31,22(24,25)26)23(27,28)29)18-11-17(20(32-2)33-18)15-9-7-13(12-30)8-10-15/h4-11,30-31H,3,12H2,1-2H3. The quantitative estimate of drug-likeness (QED) is 0.390. The molecule has 0 saturated carbocycles. The van der Waals surface area contributed by atoms with Crippen molar-refractivity contribution in [2.24, 2.45) is 0 Å². The van der Waals surface area contributed by atoms with Crippen molar-refractivity contribution in [3.8, 4) is 26.6 Å². The van der Waals surface area contributed by atoms with E-state index in [4.69, 9.17) is 4.74 Å². The first-order valence-electron chi connectivity index (χ1n) is 9.75. The molecule has 0 atom stereocenters. The first-order chi connectivity index (χ1) is 15.4. The Morgan fingerprint density at radius 1 is 0.909 bits per heavy atom. The SMILES string of the molecule is CCc1cccc(-c2cc(-c3ccc(CO)cc3)c(OC)s2)c1C(O)(C(F)(F)F)C(F)(F)F. The third-order valence-electron chi connectivity index (χ3n) is 5.31. The first kappa shape index (κ1) is 25.1. The summed E-state index contributed by atoms with van der Waals surface area (Å²) in [4.78, 5) is 0.0744. The highest BCUT2D eigenvalue weighted by Crippen LogP contribution is 2.55. The second kappa shape index (κ2) is 9.00. The zero-order valence-corrected chi connectivity index (χ0v) is 18.3. The van der Waals surface area contributed by atoms with E-state index >= 15 is 0 Å². The van der Waals surface area contributed by atoms with Crippen LogP contribution in [0.5, 0.6) is 5.06 Å². The molecule has 0 aliphatic heterocycles. The number of ether oxygens (including phenoxy) is 1. The topological polar surface area (TPSA) is 49.7 Å². The summed E-state index contributed by atoms with van der Waals surface area (Å²) < 4.78 is 88.0. The van der Waals surface area contributed by atoms with Gasteiger partial charge in [-0.3, -0.25) is 0 Å². The Morgan fingerprint density at radius 3 is 2.00 bits per heavy atom. The Kier molecular flexibility index (Phi) is 6.84. The van der Waals surface area contributed by atoms with Crippen LogP contribution in [0.1, 0.15) is 23.6 Å². The van der Waals surface area contributed by atoms with Gasteiger partial charge < -0.3 is 14.9 Å². The van der Waals surface area contributed by atoms with Crippen LogP contribution in [0.4, 0.5) is 26.3 Å². The van der Waals surface area contributed by atoms with Crippen LogP contribution < -0.4 is 4.74 Å². The van der Waals surface area contributed by atoms with E-state index in [9.17, 15) is 36.6 Å². The van der Waals surface area contributed by atoms with Crippen LogP contribution in [0.3, 0.4) is 0 Å². The summed E-state index contributed by atoms with van der Waals surface area (Å²) in [5.41, 5.74) is -5.26. The average molecular weight is 490 g/mol. The minimum Gasteiger partial charge on any atom is -0.487 e. The van der Waals surface area contributed by atoms with Gasteiger partial charge in [0.25, 0.3) is 5.60 Å². The number of thiophene rings is 1. The van der Waals surface area contributed by atoms with Gasteiger partial charge in [-0.1, -0.05) is 60.7 Å². The highest BCUT2D eigenvalue weighted by molar-refractivity contribution is 7.17. The maximum absolute atomic E-state index is 13.8. The smallest absolute Gasteiger partial charge is 0.430 e. The number of aryl methyl sites for hydroxylation is 1. The molecule has 1 heterocycles. The molecule has 2 N–H and O–H groups in total. The van der Waals surface area contributed by atoms with Gasteiger partial charge in [0.05, 0.1) is 13.7 Å². The summed E-state index contributed by atoms with van der Waals surface area (Å²) in [5.74, 6) is 0. The van der Waals surface area contributed by atoms with Gasteiger partial charge in [-0.2, -0.15) is 26.3 Å². The molecule has 0 spiro atoms. The lowest BCUT2D eigenvalue weighted by Crippen LogP contribution is -2.54. The van der Waals surface area contributed by atoms with Crippen LogP contribution in [0.2, 0.25) is 0 Å². The summed E-state index contributed by atoms with van der Waals surface area (Å²) in [7, 11) is 1.34. The minimum atomic E-state index is -6.00. The molecule has 0 amide bonds. The zero-order valence-electron chi connectivity index (χ0n) is 17.5. The molecule has 0 aliphatic rings. The van der Waals surface area contributed by atoms with Gasteiger partial charge in [-0.15, -0.1) is 0 Å². The number of halogens is 6. The van der Waals surface area contributed by atoms with Crippen molar-refractivity contribution in [1.82, 2.24) is 0 Å². The molecule has 3 aromatic rings. The molecule has 0 fully saturated rings. The summed E-state index contributed by atoms with van der Waals surface area (Å²) in [6.07, 6.45) is -12.2. The Bertz CT molecular complexity index is 1100. The zero-order chi connectivity index (χ0) is 24.6. The van der Waals surface area contributed by atoms with Gasteiger partial charge in [-0.05, 0) is 34.7 Å². The summed E-state index contributed by atoms with van der Waals surface area (Å²) >= 11 is 0.871. The van der Waals surface area contributed by atoms with E-state index < -0.39 is 23.5 Å². The molecule has 33 heavy (non-hydrogen) atoms. The third kappa shape index (κ3) is 4.34. The minimum absolute atomic E-state index is 0.0744. The highest BCUT2D eigenvalue weighted by Gasteiger charge is 2.72. The van der Waals surface area contributed by atoms with E-state index in [1.54, 1.807) is 24.3 Å². The van der Waals surface area contributed by atoms with Gasteiger partial charge in [0.2, 0.25) is 0 Å². The molecular weight excluding hydrogens is 470 g/mol. The van der Waals surface area contributed by atoms with Gasteiger partial charge >= 0.3 is 12.4 Å². The fraction of sp³-hybridized carbons (Fsp3) is 0.304. The lowest BCUT2D eigenvalue weighted by molar-refractivity contribution is -0.376. The molecule has 0 bridgehead atoms. The lowest BCUT2D eigenvalue weighted by Gasteiger charge is -2.35. The summed E-state index contributed by atoms with van der Waals surface area (Å²) in [6.45, 7) is 1.23. The monoisotopic (exact) mass is 490 g/mol. The van der Waals surface area contributed by atoms with Crippen molar-refractivity contribution in [1.29, 1.82) is 0 Å². The van der Waals surface area contributed by atoms with Crippen LogP contribution in [0.15, 0.2) is 48.5 Å². The number of aliphatic hydroxyl groups excluding tert-OH is 1. The third-order valence-corrected chi connectivity index (χ3v) is 6.44. The molecular formula is C23H20F6O3S. The van der Waals surface area contributed by atoms with E-state index in [0.29, 0.717) is 16.7 Å². The van der Waals surface area contributed by atoms with Crippen LogP contribution in [0.25, 0.3) is 21.6 Å². The van der Waals surface area contributed by atoms with E-state index in [1.807, 2.05) is 0 Å². The number of aliphatic hydroxyl groups is 2. The molecule has 3 nitrogen and oxygen atoms in total. The van der Waals surface area contributed by atoms with Crippen molar-refractivity contribution in [3.05, 3.63) is 65.2 Å². The number of benzene rings is 2. The number of hydrogen-bond donors (Lipinski definition) is 2. The number of rotatable bonds is 6.